The number of rotatable bonds is 4. The van der Waals surface area contributed by atoms with Crippen molar-refractivity contribution in [3.63, 3.8) is 0 Å². The van der Waals surface area contributed by atoms with Gasteiger partial charge in [0.05, 0.1) is 13.2 Å². The van der Waals surface area contributed by atoms with Crippen molar-refractivity contribution in [1.29, 1.82) is 0 Å². The lowest BCUT2D eigenvalue weighted by molar-refractivity contribution is 0.274. The Bertz CT molecular complexity index is 574. The first kappa shape index (κ1) is 11.7. The average molecular weight is 233 g/mol. The minimum Gasteiger partial charge on any atom is -0.494 e. The lowest BCUT2D eigenvalue weighted by Gasteiger charge is -2.07. The zero-order chi connectivity index (χ0) is 12.3. The first-order valence-electron chi connectivity index (χ1n) is 5.63. The standard InChI is InChI=1S/C13H15NO3/c1-2-17-11-3-4-12-10(9-11)5-6-14(7-8-15)13(12)16/h3-6,9,15H,2,7-8H2,1H3. The van der Waals surface area contributed by atoms with Crippen LogP contribution < -0.4 is 10.3 Å². The summed E-state index contributed by atoms with van der Waals surface area (Å²) >= 11 is 0. The van der Waals surface area contributed by atoms with Crippen LogP contribution >= 0.6 is 0 Å². The normalized spacial score (nSPS) is 10.7. The van der Waals surface area contributed by atoms with Crippen LogP contribution in [0.4, 0.5) is 0 Å². The Hall–Kier alpha value is -1.81. The molecule has 0 saturated heterocycles. The summed E-state index contributed by atoms with van der Waals surface area (Å²) in [6.45, 7) is 2.81. The van der Waals surface area contributed by atoms with Crippen LogP contribution in [0.1, 0.15) is 6.92 Å². The molecule has 0 unspecified atom stereocenters. The highest BCUT2D eigenvalue weighted by molar-refractivity contribution is 5.82. The number of aliphatic hydroxyl groups excluding tert-OH is 1. The van der Waals surface area contributed by atoms with E-state index in [4.69, 9.17) is 9.84 Å². The van der Waals surface area contributed by atoms with Gasteiger partial charge in [0.15, 0.2) is 0 Å². The molecule has 2 rings (SSSR count). The third kappa shape index (κ3) is 2.31. The van der Waals surface area contributed by atoms with E-state index in [9.17, 15) is 4.79 Å². The van der Waals surface area contributed by atoms with E-state index >= 15 is 0 Å². The van der Waals surface area contributed by atoms with Gasteiger partial charge in [-0.25, -0.2) is 0 Å². The van der Waals surface area contributed by atoms with E-state index in [-0.39, 0.29) is 12.2 Å². The Balaban J connectivity index is 2.52. The molecule has 17 heavy (non-hydrogen) atoms. The smallest absolute Gasteiger partial charge is 0.258 e. The van der Waals surface area contributed by atoms with Gasteiger partial charge in [-0.3, -0.25) is 4.79 Å². The molecule has 4 heteroatoms. The SMILES string of the molecule is CCOc1ccc2c(=O)n(CCO)ccc2c1. The Kier molecular flexibility index (Phi) is 3.44. The molecule has 0 spiro atoms. The molecule has 0 bridgehead atoms. The quantitative estimate of drug-likeness (QED) is 0.868. The van der Waals surface area contributed by atoms with Gasteiger partial charge in [-0.05, 0) is 36.6 Å². The monoisotopic (exact) mass is 233 g/mol. The predicted octanol–water partition coefficient (Wildman–Crippen LogP) is 1.39. The summed E-state index contributed by atoms with van der Waals surface area (Å²) in [5.41, 5.74) is -0.0837. The van der Waals surface area contributed by atoms with Gasteiger partial charge in [0.2, 0.25) is 0 Å². The van der Waals surface area contributed by atoms with Gasteiger partial charge in [-0.2, -0.15) is 0 Å². The number of aliphatic hydroxyl groups is 1. The summed E-state index contributed by atoms with van der Waals surface area (Å²) in [7, 11) is 0. The number of pyridine rings is 1. The Morgan fingerprint density at radius 1 is 1.35 bits per heavy atom. The van der Waals surface area contributed by atoms with E-state index in [1.807, 2.05) is 19.1 Å². The van der Waals surface area contributed by atoms with Gasteiger partial charge < -0.3 is 14.4 Å². The highest BCUT2D eigenvalue weighted by atomic mass is 16.5. The van der Waals surface area contributed by atoms with Gasteiger partial charge in [0, 0.05) is 18.1 Å². The van der Waals surface area contributed by atoms with Crippen LogP contribution in [0.25, 0.3) is 10.8 Å². The van der Waals surface area contributed by atoms with Crippen molar-refractivity contribution < 1.29 is 9.84 Å². The Labute approximate surface area is 99.1 Å². The van der Waals surface area contributed by atoms with E-state index in [1.165, 1.54) is 4.57 Å². The van der Waals surface area contributed by atoms with Gasteiger partial charge in [0.1, 0.15) is 5.75 Å². The summed E-state index contributed by atoms with van der Waals surface area (Å²) in [6, 6.07) is 7.26. The van der Waals surface area contributed by atoms with Crippen molar-refractivity contribution >= 4 is 10.8 Å². The van der Waals surface area contributed by atoms with E-state index < -0.39 is 0 Å². The van der Waals surface area contributed by atoms with Crippen LogP contribution in [0.3, 0.4) is 0 Å². The van der Waals surface area contributed by atoms with Crippen molar-refractivity contribution in [2.24, 2.45) is 0 Å². The van der Waals surface area contributed by atoms with Crippen molar-refractivity contribution in [1.82, 2.24) is 4.57 Å². The summed E-state index contributed by atoms with van der Waals surface area (Å²) in [4.78, 5) is 12.0. The Morgan fingerprint density at radius 2 is 2.18 bits per heavy atom. The maximum atomic E-state index is 12.0. The van der Waals surface area contributed by atoms with Crippen LogP contribution in [0, 0.1) is 0 Å². The third-order valence-corrected chi connectivity index (χ3v) is 2.60. The van der Waals surface area contributed by atoms with Crippen LogP contribution in [0.5, 0.6) is 5.75 Å². The molecule has 0 amide bonds. The predicted molar refractivity (Wildman–Crippen MR) is 66.5 cm³/mol. The first-order chi connectivity index (χ1) is 8.26. The fourth-order valence-corrected chi connectivity index (χ4v) is 1.81. The number of fused-ring (bicyclic) bond motifs is 1. The van der Waals surface area contributed by atoms with Gasteiger partial charge in [0.25, 0.3) is 5.56 Å². The molecule has 2 aromatic rings. The molecule has 4 nitrogen and oxygen atoms in total. The second-order valence-corrected chi connectivity index (χ2v) is 3.72. The maximum Gasteiger partial charge on any atom is 0.258 e. The fraction of sp³-hybridized carbons (Fsp3) is 0.308. The number of ether oxygens (including phenoxy) is 1. The Morgan fingerprint density at radius 3 is 2.88 bits per heavy atom. The largest absolute Gasteiger partial charge is 0.494 e. The lowest BCUT2D eigenvalue weighted by atomic mass is 10.1. The molecule has 0 fully saturated rings. The maximum absolute atomic E-state index is 12.0. The van der Waals surface area contributed by atoms with Crippen LogP contribution in [-0.4, -0.2) is 22.9 Å². The molecule has 0 aliphatic heterocycles. The van der Waals surface area contributed by atoms with Crippen molar-refractivity contribution in [3.05, 3.63) is 40.8 Å². The van der Waals surface area contributed by atoms with E-state index in [0.717, 1.165) is 11.1 Å². The van der Waals surface area contributed by atoms with Crippen molar-refractivity contribution in [3.8, 4) is 5.75 Å². The molecule has 0 saturated carbocycles. The molecule has 1 aromatic heterocycles. The first-order valence-corrected chi connectivity index (χ1v) is 5.63. The fourth-order valence-electron chi connectivity index (χ4n) is 1.81. The van der Waals surface area contributed by atoms with Crippen LogP contribution in [0.15, 0.2) is 35.3 Å². The van der Waals surface area contributed by atoms with Crippen molar-refractivity contribution in [2.75, 3.05) is 13.2 Å². The second kappa shape index (κ2) is 5.01. The van der Waals surface area contributed by atoms with Crippen LogP contribution in [-0.2, 0) is 6.54 Å². The summed E-state index contributed by atoms with van der Waals surface area (Å²) in [5, 5.41) is 10.4. The highest BCUT2D eigenvalue weighted by Crippen LogP contribution is 2.18. The molecule has 1 heterocycles. The molecule has 1 aromatic carbocycles. The zero-order valence-corrected chi connectivity index (χ0v) is 9.72. The average Bonchev–Trinajstić information content (AvgIpc) is 2.33. The van der Waals surface area contributed by atoms with Crippen molar-refractivity contribution in [2.45, 2.75) is 13.5 Å². The summed E-state index contributed by atoms with van der Waals surface area (Å²) in [5.74, 6) is 0.763. The third-order valence-electron chi connectivity index (χ3n) is 2.60. The molecular weight excluding hydrogens is 218 g/mol. The highest BCUT2D eigenvalue weighted by Gasteiger charge is 2.03. The number of hydrogen-bond acceptors (Lipinski definition) is 3. The number of aromatic nitrogens is 1. The molecule has 0 atom stereocenters. The summed E-state index contributed by atoms with van der Waals surface area (Å²) in [6.07, 6.45) is 1.69. The van der Waals surface area contributed by atoms with E-state index in [1.54, 1.807) is 18.3 Å². The number of benzene rings is 1. The molecule has 0 aliphatic carbocycles. The molecule has 0 aliphatic rings. The van der Waals surface area contributed by atoms with E-state index in [0.29, 0.717) is 18.5 Å². The number of hydrogen-bond donors (Lipinski definition) is 1. The molecule has 90 valence electrons. The lowest BCUT2D eigenvalue weighted by Crippen LogP contribution is -2.20. The topological polar surface area (TPSA) is 51.5 Å². The molecular formula is C13H15NO3. The van der Waals surface area contributed by atoms with E-state index in [2.05, 4.69) is 0 Å². The summed E-state index contributed by atoms with van der Waals surface area (Å²) < 4.78 is 6.89. The second-order valence-electron chi connectivity index (χ2n) is 3.72. The van der Waals surface area contributed by atoms with Gasteiger partial charge in [-0.15, -0.1) is 0 Å². The van der Waals surface area contributed by atoms with Gasteiger partial charge in [-0.1, -0.05) is 0 Å². The zero-order valence-electron chi connectivity index (χ0n) is 9.72. The molecule has 0 radical (unpaired) electrons. The minimum absolute atomic E-state index is 0.0392. The number of nitrogens with zero attached hydrogens (tertiary/aromatic N) is 1. The van der Waals surface area contributed by atoms with Crippen LogP contribution in [0.2, 0.25) is 0 Å². The molecule has 1 N–H and O–H groups in total. The van der Waals surface area contributed by atoms with Gasteiger partial charge >= 0.3 is 0 Å². The minimum atomic E-state index is -0.0837.